The first-order chi connectivity index (χ1) is 12.0. The Labute approximate surface area is 151 Å². The number of nitrogens with one attached hydrogen (secondary N) is 1. The maximum atomic E-state index is 12.2. The van der Waals surface area contributed by atoms with Crippen molar-refractivity contribution >= 4 is 11.9 Å². The van der Waals surface area contributed by atoms with E-state index < -0.39 is 0 Å². The monoisotopic (exact) mass is 345 g/mol. The van der Waals surface area contributed by atoms with E-state index in [9.17, 15) is 4.79 Å². The molecule has 25 heavy (non-hydrogen) atoms. The van der Waals surface area contributed by atoms with Crippen LogP contribution in [0.2, 0.25) is 0 Å². The van der Waals surface area contributed by atoms with Crippen molar-refractivity contribution in [2.45, 2.75) is 52.6 Å². The summed E-state index contributed by atoms with van der Waals surface area (Å²) >= 11 is 0. The Kier molecular flexibility index (Phi) is 5.89. The van der Waals surface area contributed by atoms with Crippen molar-refractivity contribution in [3.63, 3.8) is 0 Å². The van der Waals surface area contributed by atoms with E-state index >= 15 is 0 Å². The van der Waals surface area contributed by atoms with Gasteiger partial charge in [-0.2, -0.15) is 0 Å². The predicted octanol–water partition coefficient (Wildman–Crippen LogP) is 2.06. The molecule has 138 valence electrons. The number of rotatable bonds is 5. The number of hydrogen-bond donors (Lipinski definition) is 1. The third kappa shape index (κ3) is 4.48. The van der Waals surface area contributed by atoms with Crippen LogP contribution < -0.4 is 10.2 Å². The third-order valence-corrected chi connectivity index (χ3v) is 5.36. The minimum atomic E-state index is 0.0861. The fourth-order valence-electron chi connectivity index (χ4n) is 3.78. The van der Waals surface area contributed by atoms with Crippen LogP contribution in [-0.4, -0.2) is 53.0 Å². The van der Waals surface area contributed by atoms with Gasteiger partial charge in [0.1, 0.15) is 0 Å². The van der Waals surface area contributed by atoms with Crippen LogP contribution in [0.1, 0.15) is 45.6 Å². The standard InChI is InChI=1S/C19H31N5O/c1-14(2)18(25)24-9-6-17(15(3)13-24)20-10-16-11-21-19(22-12-16)23-7-4-5-8-23/h11-12,14-15,17,20H,4-10,13H2,1-3H3/t15-,17-/m1/s1. The molecule has 2 aliphatic heterocycles. The average Bonchev–Trinajstić information content (AvgIpc) is 3.15. The minimum absolute atomic E-state index is 0.0861. The van der Waals surface area contributed by atoms with Crippen molar-refractivity contribution in [2.24, 2.45) is 11.8 Å². The highest BCUT2D eigenvalue weighted by Gasteiger charge is 2.29. The van der Waals surface area contributed by atoms with Crippen molar-refractivity contribution in [3.8, 4) is 0 Å². The maximum Gasteiger partial charge on any atom is 0.225 e. The van der Waals surface area contributed by atoms with E-state index in [0.717, 1.165) is 50.7 Å². The number of carbonyl (C=O) groups is 1. The SMILES string of the molecule is CC(C)C(=O)N1CC[C@@H](NCc2cnc(N3CCCC3)nc2)[C@H](C)C1. The number of anilines is 1. The molecule has 2 atom stereocenters. The lowest BCUT2D eigenvalue weighted by atomic mass is 9.93. The van der Waals surface area contributed by atoms with Crippen LogP contribution >= 0.6 is 0 Å². The number of hydrogen-bond acceptors (Lipinski definition) is 5. The van der Waals surface area contributed by atoms with E-state index in [1.54, 1.807) is 0 Å². The van der Waals surface area contributed by atoms with Crippen molar-refractivity contribution in [1.82, 2.24) is 20.2 Å². The largest absolute Gasteiger partial charge is 0.342 e. The molecule has 0 spiro atoms. The minimum Gasteiger partial charge on any atom is -0.342 e. The zero-order chi connectivity index (χ0) is 17.8. The Morgan fingerprint density at radius 3 is 2.52 bits per heavy atom. The second-order valence-corrected chi connectivity index (χ2v) is 7.78. The van der Waals surface area contributed by atoms with Crippen LogP contribution in [0.3, 0.4) is 0 Å². The Balaban J connectivity index is 1.48. The zero-order valence-corrected chi connectivity index (χ0v) is 15.7. The fraction of sp³-hybridized carbons (Fsp3) is 0.737. The molecule has 1 N–H and O–H groups in total. The number of nitrogens with zero attached hydrogens (tertiary/aromatic N) is 4. The van der Waals surface area contributed by atoms with Crippen molar-refractivity contribution < 1.29 is 4.79 Å². The molecule has 0 unspecified atom stereocenters. The molecule has 2 saturated heterocycles. The molecule has 1 aromatic rings. The quantitative estimate of drug-likeness (QED) is 0.885. The second-order valence-electron chi connectivity index (χ2n) is 7.78. The molecule has 2 fully saturated rings. The van der Waals surface area contributed by atoms with Gasteiger partial charge in [-0.3, -0.25) is 4.79 Å². The Bertz CT molecular complexity index is 568. The van der Waals surface area contributed by atoms with Gasteiger partial charge in [-0.25, -0.2) is 9.97 Å². The molecular weight excluding hydrogens is 314 g/mol. The molecule has 3 rings (SSSR count). The van der Waals surface area contributed by atoms with E-state index in [0.29, 0.717) is 12.0 Å². The van der Waals surface area contributed by atoms with Gasteiger partial charge < -0.3 is 15.1 Å². The van der Waals surface area contributed by atoms with Crippen LogP contribution in [0.4, 0.5) is 5.95 Å². The maximum absolute atomic E-state index is 12.2. The van der Waals surface area contributed by atoms with Crippen LogP contribution in [0.5, 0.6) is 0 Å². The van der Waals surface area contributed by atoms with Gasteiger partial charge in [-0.15, -0.1) is 0 Å². The fourth-order valence-corrected chi connectivity index (χ4v) is 3.78. The number of piperidine rings is 1. The number of amides is 1. The van der Waals surface area contributed by atoms with Gasteiger partial charge in [-0.05, 0) is 25.2 Å². The summed E-state index contributed by atoms with van der Waals surface area (Å²) in [5.41, 5.74) is 1.12. The lowest BCUT2D eigenvalue weighted by molar-refractivity contribution is -0.136. The molecule has 0 aliphatic carbocycles. The average molecular weight is 345 g/mol. The summed E-state index contributed by atoms with van der Waals surface area (Å²) in [6, 6.07) is 0.439. The molecule has 6 heteroatoms. The summed E-state index contributed by atoms with van der Waals surface area (Å²) in [6.45, 7) is 10.8. The molecule has 0 bridgehead atoms. The summed E-state index contributed by atoms with van der Waals surface area (Å²) in [4.78, 5) is 25.5. The van der Waals surface area contributed by atoms with E-state index in [1.807, 2.05) is 31.1 Å². The lowest BCUT2D eigenvalue weighted by Gasteiger charge is -2.38. The summed E-state index contributed by atoms with van der Waals surface area (Å²) in [7, 11) is 0. The molecule has 1 aromatic heterocycles. The highest BCUT2D eigenvalue weighted by molar-refractivity contribution is 5.78. The van der Waals surface area contributed by atoms with Gasteiger partial charge in [0.25, 0.3) is 0 Å². The van der Waals surface area contributed by atoms with E-state index in [-0.39, 0.29) is 11.8 Å². The van der Waals surface area contributed by atoms with Crippen LogP contribution in [0.15, 0.2) is 12.4 Å². The summed E-state index contributed by atoms with van der Waals surface area (Å²) < 4.78 is 0. The first kappa shape index (κ1) is 18.1. The molecule has 6 nitrogen and oxygen atoms in total. The zero-order valence-electron chi connectivity index (χ0n) is 15.7. The summed E-state index contributed by atoms with van der Waals surface area (Å²) in [5.74, 6) is 1.68. The van der Waals surface area contributed by atoms with Gasteiger partial charge in [-0.1, -0.05) is 20.8 Å². The normalized spacial score (nSPS) is 24.2. The first-order valence-corrected chi connectivity index (χ1v) is 9.62. The second kappa shape index (κ2) is 8.13. The topological polar surface area (TPSA) is 61.4 Å². The van der Waals surface area contributed by atoms with Crippen molar-refractivity contribution in [3.05, 3.63) is 18.0 Å². The molecule has 0 radical (unpaired) electrons. The lowest BCUT2D eigenvalue weighted by Crippen LogP contribution is -2.50. The highest BCUT2D eigenvalue weighted by atomic mass is 16.2. The van der Waals surface area contributed by atoms with Crippen LogP contribution in [-0.2, 0) is 11.3 Å². The van der Waals surface area contributed by atoms with Gasteiger partial charge in [0.15, 0.2) is 0 Å². The van der Waals surface area contributed by atoms with Crippen molar-refractivity contribution in [1.29, 1.82) is 0 Å². The molecule has 0 aromatic carbocycles. The summed E-state index contributed by atoms with van der Waals surface area (Å²) in [5, 5.41) is 3.63. The van der Waals surface area contributed by atoms with Crippen LogP contribution in [0.25, 0.3) is 0 Å². The Morgan fingerprint density at radius 1 is 1.24 bits per heavy atom. The van der Waals surface area contributed by atoms with E-state index in [1.165, 1.54) is 12.8 Å². The highest BCUT2D eigenvalue weighted by Crippen LogP contribution is 2.19. The summed E-state index contributed by atoms with van der Waals surface area (Å²) in [6.07, 6.45) is 7.36. The molecule has 3 heterocycles. The van der Waals surface area contributed by atoms with Gasteiger partial charge >= 0.3 is 0 Å². The third-order valence-electron chi connectivity index (χ3n) is 5.36. The van der Waals surface area contributed by atoms with E-state index in [2.05, 4.69) is 27.1 Å². The smallest absolute Gasteiger partial charge is 0.225 e. The Hall–Kier alpha value is -1.69. The van der Waals surface area contributed by atoms with Crippen molar-refractivity contribution in [2.75, 3.05) is 31.1 Å². The molecule has 2 aliphatic rings. The predicted molar refractivity (Wildman–Crippen MR) is 99.3 cm³/mol. The Morgan fingerprint density at radius 2 is 1.92 bits per heavy atom. The van der Waals surface area contributed by atoms with Gasteiger partial charge in [0.05, 0.1) is 0 Å². The van der Waals surface area contributed by atoms with Gasteiger partial charge in [0, 0.05) is 62.6 Å². The number of aromatic nitrogens is 2. The molecular formula is C19H31N5O. The number of carbonyl (C=O) groups excluding carboxylic acids is 1. The number of likely N-dealkylation sites (tertiary alicyclic amines) is 1. The van der Waals surface area contributed by atoms with Crippen LogP contribution in [0, 0.1) is 11.8 Å². The molecule has 1 amide bonds. The molecule has 0 saturated carbocycles. The first-order valence-electron chi connectivity index (χ1n) is 9.62. The van der Waals surface area contributed by atoms with E-state index in [4.69, 9.17) is 0 Å². The van der Waals surface area contributed by atoms with Gasteiger partial charge in [0.2, 0.25) is 11.9 Å².